The van der Waals surface area contributed by atoms with Crippen molar-refractivity contribution in [1.82, 2.24) is 14.9 Å². The van der Waals surface area contributed by atoms with Crippen LogP contribution in [0.25, 0.3) is 0 Å². The Morgan fingerprint density at radius 3 is 3.08 bits per heavy atom. The number of amides is 1. The molecule has 1 aliphatic heterocycles. The van der Waals surface area contributed by atoms with E-state index in [0.717, 1.165) is 12.4 Å². The van der Waals surface area contributed by atoms with E-state index in [1.165, 1.54) is 0 Å². The fraction of sp³-hybridized carbons (Fsp3) is 0.500. The average molecular weight is 165 g/mol. The summed E-state index contributed by atoms with van der Waals surface area (Å²) in [6, 6.07) is 0. The summed E-state index contributed by atoms with van der Waals surface area (Å²) < 4.78 is 1.96. The second-order valence-electron chi connectivity index (χ2n) is 3.10. The van der Waals surface area contributed by atoms with Crippen LogP contribution in [0.15, 0.2) is 12.4 Å². The maximum atomic E-state index is 10.9. The Kier molecular flexibility index (Phi) is 1.60. The average Bonchev–Trinajstić information content (AvgIpc) is 2.58. The lowest BCUT2D eigenvalue weighted by atomic mass is 10.1. The van der Waals surface area contributed by atoms with Crippen LogP contribution < -0.4 is 5.32 Å². The summed E-state index contributed by atoms with van der Waals surface area (Å²) in [7, 11) is 1.95. The first kappa shape index (κ1) is 7.34. The van der Waals surface area contributed by atoms with Crippen LogP contribution in [0, 0.1) is 0 Å². The first-order chi connectivity index (χ1) is 5.77. The highest BCUT2D eigenvalue weighted by atomic mass is 16.1. The van der Waals surface area contributed by atoms with Gasteiger partial charge >= 0.3 is 0 Å². The molecular weight excluding hydrogens is 154 g/mol. The number of aromatic nitrogens is 2. The molecule has 1 fully saturated rings. The third kappa shape index (κ3) is 1.09. The summed E-state index contributed by atoms with van der Waals surface area (Å²) in [6.07, 6.45) is 4.24. The van der Waals surface area contributed by atoms with Gasteiger partial charge in [-0.25, -0.2) is 4.98 Å². The van der Waals surface area contributed by atoms with Gasteiger partial charge in [0.1, 0.15) is 5.82 Å². The number of imidazole rings is 1. The van der Waals surface area contributed by atoms with Gasteiger partial charge in [0.15, 0.2) is 0 Å². The summed E-state index contributed by atoms with van der Waals surface area (Å²) in [5, 5.41) is 2.79. The van der Waals surface area contributed by atoms with Gasteiger partial charge in [-0.3, -0.25) is 4.79 Å². The second kappa shape index (κ2) is 2.62. The second-order valence-corrected chi connectivity index (χ2v) is 3.10. The normalized spacial score (nSPS) is 22.8. The van der Waals surface area contributed by atoms with Gasteiger partial charge in [-0.05, 0) is 0 Å². The molecule has 1 saturated heterocycles. The highest BCUT2D eigenvalue weighted by Crippen LogP contribution is 2.20. The molecule has 2 rings (SSSR count). The lowest BCUT2D eigenvalue weighted by Gasteiger charge is -2.05. The lowest BCUT2D eigenvalue weighted by molar-refractivity contribution is -0.119. The minimum absolute atomic E-state index is 0.128. The number of hydrogen-bond donors (Lipinski definition) is 1. The zero-order valence-electron chi connectivity index (χ0n) is 6.95. The SMILES string of the molecule is Cn1ccnc1C1CNC(=O)C1. The minimum atomic E-state index is 0.128. The Hall–Kier alpha value is -1.32. The van der Waals surface area contributed by atoms with Gasteiger partial charge in [0.05, 0.1) is 0 Å². The van der Waals surface area contributed by atoms with E-state index in [0.29, 0.717) is 6.42 Å². The van der Waals surface area contributed by atoms with Crippen molar-refractivity contribution in [3.8, 4) is 0 Å². The third-order valence-electron chi connectivity index (χ3n) is 2.20. The van der Waals surface area contributed by atoms with Crippen molar-refractivity contribution in [1.29, 1.82) is 0 Å². The standard InChI is InChI=1S/C8H11N3O/c1-11-3-2-9-8(11)6-4-7(12)10-5-6/h2-3,6H,4-5H2,1H3,(H,10,12). The maximum absolute atomic E-state index is 10.9. The molecule has 12 heavy (non-hydrogen) atoms. The Balaban J connectivity index is 2.21. The van der Waals surface area contributed by atoms with Crippen LogP contribution in [0.4, 0.5) is 0 Å². The van der Waals surface area contributed by atoms with Crippen LogP contribution in [0.2, 0.25) is 0 Å². The van der Waals surface area contributed by atoms with Crippen LogP contribution in [0.1, 0.15) is 18.2 Å². The van der Waals surface area contributed by atoms with Crippen LogP contribution in [0.3, 0.4) is 0 Å². The molecule has 4 heteroatoms. The van der Waals surface area contributed by atoms with E-state index in [1.54, 1.807) is 6.20 Å². The first-order valence-electron chi connectivity index (χ1n) is 4.01. The van der Waals surface area contributed by atoms with E-state index >= 15 is 0 Å². The number of nitrogens with zero attached hydrogens (tertiary/aromatic N) is 2. The van der Waals surface area contributed by atoms with E-state index in [1.807, 2.05) is 17.8 Å². The van der Waals surface area contributed by atoms with Crippen molar-refractivity contribution in [3.63, 3.8) is 0 Å². The van der Waals surface area contributed by atoms with Crippen molar-refractivity contribution in [2.24, 2.45) is 7.05 Å². The zero-order valence-corrected chi connectivity index (χ0v) is 6.95. The molecule has 1 aromatic heterocycles. The molecule has 0 spiro atoms. The van der Waals surface area contributed by atoms with E-state index in [2.05, 4.69) is 10.3 Å². The molecular formula is C8H11N3O. The fourth-order valence-corrected chi connectivity index (χ4v) is 1.56. The number of hydrogen-bond acceptors (Lipinski definition) is 2. The zero-order chi connectivity index (χ0) is 8.55. The van der Waals surface area contributed by atoms with Crippen molar-refractivity contribution in [2.75, 3.05) is 6.54 Å². The van der Waals surface area contributed by atoms with Crippen molar-refractivity contribution in [3.05, 3.63) is 18.2 Å². The molecule has 1 amide bonds. The molecule has 1 aliphatic rings. The number of nitrogens with one attached hydrogen (secondary N) is 1. The topological polar surface area (TPSA) is 46.9 Å². The fourth-order valence-electron chi connectivity index (χ4n) is 1.56. The number of aryl methyl sites for hydroxylation is 1. The number of carbonyl (C=O) groups excluding carboxylic acids is 1. The monoisotopic (exact) mass is 165 g/mol. The van der Waals surface area contributed by atoms with Gasteiger partial charge in [0.2, 0.25) is 5.91 Å². The predicted octanol–water partition coefficient (Wildman–Crippen LogP) is 0.0236. The molecule has 0 radical (unpaired) electrons. The molecule has 2 heterocycles. The van der Waals surface area contributed by atoms with Crippen LogP contribution in [0.5, 0.6) is 0 Å². The van der Waals surface area contributed by atoms with Crippen molar-refractivity contribution in [2.45, 2.75) is 12.3 Å². The summed E-state index contributed by atoms with van der Waals surface area (Å²) in [5.74, 6) is 1.38. The van der Waals surface area contributed by atoms with Gasteiger partial charge < -0.3 is 9.88 Å². The molecule has 1 N–H and O–H groups in total. The molecule has 0 aromatic carbocycles. The Bertz CT molecular complexity index is 305. The summed E-state index contributed by atoms with van der Waals surface area (Å²) >= 11 is 0. The third-order valence-corrected chi connectivity index (χ3v) is 2.20. The quantitative estimate of drug-likeness (QED) is 0.638. The minimum Gasteiger partial charge on any atom is -0.355 e. The Labute approximate surface area is 70.6 Å². The molecule has 64 valence electrons. The number of carbonyl (C=O) groups is 1. The molecule has 0 saturated carbocycles. The first-order valence-corrected chi connectivity index (χ1v) is 4.01. The summed E-state index contributed by atoms with van der Waals surface area (Å²) in [4.78, 5) is 15.1. The van der Waals surface area contributed by atoms with Crippen molar-refractivity contribution < 1.29 is 4.79 Å². The molecule has 4 nitrogen and oxygen atoms in total. The lowest BCUT2D eigenvalue weighted by Crippen LogP contribution is -2.14. The van der Waals surface area contributed by atoms with Gasteiger partial charge in [0.25, 0.3) is 0 Å². The van der Waals surface area contributed by atoms with E-state index < -0.39 is 0 Å². The molecule has 1 atom stereocenters. The maximum Gasteiger partial charge on any atom is 0.220 e. The van der Waals surface area contributed by atoms with Crippen molar-refractivity contribution >= 4 is 5.91 Å². The van der Waals surface area contributed by atoms with Gasteiger partial charge in [-0.1, -0.05) is 0 Å². The van der Waals surface area contributed by atoms with Gasteiger partial charge in [-0.15, -0.1) is 0 Å². The largest absolute Gasteiger partial charge is 0.355 e. The molecule has 0 bridgehead atoms. The number of rotatable bonds is 1. The van der Waals surface area contributed by atoms with Gasteiger partial charge in [0, 0.05) is 38.3 Å². The highest BCUT2D eigenvalue weighted by molar-refractivity contribution is 5.79. The highest BCUT2D eigenvalue weighted by Gasteiger charge is 2.25. The van der Waals surface area contributed by atoms with Gasteiger partial charge in [-0.2, -0.15) is 0 Å². The Morgan fingerprint density at radius 1 is 1.75 bits per heavy atom. The smallest absolute Gasteiger partial charge is 0.220 e. The van der Waals surface area contributed by atoms with E-state index in [4.69, 9.17) is 0 Å². The van der Waals surface area contributed by atoms with E-state index in [-0.39, 0.29) is 11.8 Å². The van der Waals surface area contributed by atoms with Crippen LogP contribution in [-0.2, 0) is 11.8 Å². The Morgan fingerprint density at radius 2 is 2.58 bits per heavy atom. The summed E-state index contributed by atoms with van der Waals surface area (Å²) in [5.41, 5.74) is 0. The van der Waals surface area contributed by atoms with Crippen LogP contribution in [-0.4, -0.2) is 22.0 Å². The molecule has 1 aromatic rings. The van der Waals surface area contributed by atoms with E-state index in [9.17, 15) is 4.79 Å². The molecule has 1 unspecified atom stereocenters. The predicted molar refractivity (Wildman–Crippen MR) is 43.6 cm³/mol. The summed E-state index contributed by atoms with van der Waals surface area (Å²) in [6.45, 7) is 0.726. The molecule has 0 aliphatic carbocycles. The van der Waals surface area contributed by atoms with Crippen LogP contribution >= 0.6 is 0 Å².